The lowest BCUT2D eigenvalue weighted by Gasteiger charge is -2.29. The Morgan fingerprint density at radius 3 is 2.12 bits per heavy atom. The Kier molecular flexibility index (Phi) is 18.1. The van der Waals surface area contributed by atoms with Crippen molar-refractivity contribution in [2.24, 2.45) is 0 Å². The number of allylic oxidation sites excluding steroid dienone is 7. The number of unbranched alkanes of at least 4 members (excludes halogenated alkanes) is 1. The molecule has 3 nitrogen and oxygen atoms in total. The maximum Gasteiger partial charge on any atom is 0.196 e. The summed E-state index contributed by atoms with van der Waals surface area (Å²) in [5, 5.41) is 0. The molecule has 5 heteroatoms. The van der Waals surface area contributed by atoms with E-state index >= 15 is 0 Å². The molecule has 0 bridgehead atoms. The van der Waals surface area contributed by atoms with E-state index in [4.69, 9.17) is 14.2 Å². The van der Waals surface area contributed by atoms with Gasteiger partial charge < -0.3 is 14.2 Å². The molecule has 2 unspecified atom stereocenters. The van der Waals surface area contributed by atoms with Crippen LogP contribution in [0.25, 0.3) is 0 Å². The van der Waals surface area contributed by atoms with Gasteiger partial charge in [-0.2, -0.15) is 0 Å². The molecule has 2 atom stereocenters. The van der Waals surface area contributed by atoms with Gasteiger partial charge in [0.15, 0.2) is 11.7 Å². The molecule has 192 valence electrons. The Morgan fingerprint density at radius 2 is 1.64 bits per heavy atom. The summed E-state index contributed by atoms with van der Waals surface area (Å²) < 4.78 is 45.4. The number of ether oxygens (including phenoxy) is 3. The van der Waals surface area contributed by atoms with Gasteiger partial charge >= 0.3 is 0 Å². The Bertz CT molecular complexity index is 654. The van der Waals surface area contributed by atoms with Crippen molar-refractivity contribution in [3.8, 4) is 0 Å². The molecule has 1 saturated heterocycles. The minimum atomic E-state index is -0.945. The third kappa shape index (κ3) is 12.5. The van der Waals surface area contributed by atoms with Crippen LogP contribution in [0, 0.1) is 0 Å². The van der Waals surface area contributed by atoms with Gasteiger partial charge in [-0.1, -0.05) is 66.0 Å². The predicted octanol–water partition coefficient (Wildman–Crippen LogP) is 8.92. The van der Waals surface area contributed by atoms with Crippen molar-refractivity contribution in [1.82, 2.24) is 0 Å². The standard InChI is InChI=1S/C25H40F2O3.C3H8/c1-7-10-11-21-14-15-22(17-30-21)29-16-20(8-2)13-12-18(4)23(9-3)25(27)24(26)19(5)28-6;1-3-2/h12-13,21-22H,7-11,14-17H2,1-6H3;3H2,1-2H3/b18-12+,20-13+,24-19-,25-23-;. The Balaban J connectivity index is 0.00000322. The topological polar surface area (TPSA) is 27.7 Å². The molecule has 0 aliphatic carbocycles. The van der Waals surface area contributed by atoms with Gasteiger partial charge in [0.1, 0.15) is 5.76 Å². The van der Waals surface area contributed by atoms with Crippen LogP contribution in [0.3, 0.4) is 0 Å². The van der Waals surface area contributed by atoms with E-state index in [0.29, 0.717) is 36.9 Å². The molecule has 1 aliphatic heterocycles. The molecule has 33 heavy (non-hydrogen) atoms. The molecular formula is C28H48F2O3. The first-order chi connectivity index (χ1) is 15.8. The zero-order chi connectivity index (χ0) is 25.2. The second-order valence-electron chi connectivity index (χ2n) is 8.56. The summed E-state index contributed by atoms with van der Waals surface area (Å²) in [7, 11) is 1.33. The number of hydrogen-bond acceptors (Lipinski definition) is 3. The first-order valence-electron chi connectivity index (χ1n) is 12.7. The van der Waals surface area contributed by atoms with Crippen molar-refractivity contribution < 1.29 is 23.0 Å². The summed E-state index contributed by atoms with van der Waals surface area (Å²) in [4.78, 5) is 0. The summed E-state index contributed by atoms with van der Waals surface area (Å²) in [5.41, 5.74) is 2.15. The van der Waals surface area contributed by atoms with Crippen LogP contribution in [0.4, 0.5) is 8.78 Å². The monoisotopic (exact) mass is 470 g/mol. The van der Waals surface area contributed by atoms with Crippen molar-refractivity contribution in [2.75, 3.05) is 20.3 Å². The molecule has 0 aromatic heterocycles. The molecule has 0 N–H and O–H groups in total. The third-order valence-corrected chi connectivity index (χ3v) is 5.64. The smallest absolute Gasteiger partial charge is 0.196 e. The highest BCUT2D eigenvalue weighted by atomic mass is 19.2. The number of methoxy groups -OCH3 is 1. The van der Waals surface area contributed by atoms with Crippen molar-refractivity contribution >= 4 is 0 Å². The predicted molar refractivity (Wildman–Crippen MR) is 136 cm³/mol. The summed E-state index contributed by atoms with van der Waals surface area (Å²) in [6.45, 7) is 14.7. The number of rotatable bonds is 12. The van der Waals surface area contributed by atoms with E-state index in [1.807, 2.05) is 19.1 Å². The van der Waals surface area contributed by atoms with Crippen LogP contribution in [0.5, 0.6) is 0 Å². The first-order valence-corrected chi connectivity index (χ1v) is 12.7. The zero-order valence-corrected chi connectivity index (χ0v) is 22.4. The number of hydrogen-bond donors (Lipinski definition) is 0. The Morgan fingerprint density at radius 1 is 0.970 bits per heavy atom. The van der Waals surface area contributed by atoms with Gasteiger partial charge in [-0.25, -0.2) is 8.78 Å². The van der Waals surface area contributed by atoms with Crippen LogP contribution >= 0.6 is 0 Å². The van der Waals surface area contributed by atoms with Crippen LogP contribution in [0.2, 0.25) is 0 Å². The number of halogens is 2. The second kappa shape index (κ2) is 18.9. The van der Waals surface area contributed by atoms with Gasteiger partial charge in [-0.3, -0.25) is 0 Å². The van der Waals surface area contributed by atoms with E-state index in [1.165, 1.54) is 33.3 Å². The van der Waals surface area contributed by atoms with E-state index in [-0.39, 0.29) is 11.9 Å². The lowest BCUT2D eigenvalue weighted by Crippen LogP contribution is -2.31. The molecule has 0 aromatic rings. The van der Waals surface area contributed by atoms with Crippen LogP contribution in [-0.2, 0) is 14.2 Å². The highest BCUT2D eigenvalue weighted by Gasteiger charge is 2.22. The molecule has 1 aliphatic rings. The molecule has 0 aromatic carbocycles. The summed E-state index contributed by atoms with van der Waals surface area (Å²) >= 11 is 0. The quantitative estimate of drug-likeness (QED) is 0.210. The van der Waals surface area contributed by atoms with E-state index in [9.17, 15) is 8.78 Å². The molecule has 1 rings (SSSR count). The minimum Gasteiger partial charge on any atom is -0.498 e. The van der Waals surface area contributed by atoms with Crippen LogP contribution in [-0.4, -0.2) is 32.5 Å². The van der Waals surface area contributed by atoms with Crippen LogP contribution in [0.15, 0.2) is 46.3 Å². The van der Waals surface area contributed by atoms with E-state index < -0.39 is 11.7 Å². The van der Waals surface area contributed by atoms with Crippen molar-refractivity contribution in [1.29, 1.82) is 0 Å². The minimum absolute atomic E-state index is 0.0592. The molecule has 0 saturated carbocycles. The first kappa shape index (κ1) is 31.5. The maximum absolute atomic E-state index is 14.5. The van der Waals surface area contributed by atoms with Gasteiger partial charge in [0.2, 0.25) is 0 Å². The van der Waals surface area contributed by atoms with Gasteiger partial charge in [0, 0.05) is 0 Å². The lowest BCUT2D eigenvalue weighted by molar-refractivity contribution is -0.0830. The van der Waals surface area contributed by atoms with Crippen LogP contribution < -0.4 is 0 Å². The molecule has 0 radical (unpaired) electrons. The Labute approximate surface area is 202 Å². The van der Waals surface area contributed by atoms with Crippen LogP contribution in [0.1, 0.15) is 99.8 Å². The molecule has 1 fully saturated rings. The highest BCUT2D eigenvalue weighted by molar-refractivity contribution is 5.40. The fourth-order valence-corrected chi connectivity index (χ4v) is 3.39. The van der Waals surface area contributed by atoms with Gasteiger partial charge in [-0.15, -0.1) is 0 Å². The molecule has 1 heterocycles. The van der Waals surface area contributed by atoms with Crippen molar-refractivity contribution in [3.05, 3.63) is 46.3 Å². The summed E-state index contributed by atoms with van der Waals surface area (Å²) in [6.07, 6.45) is 12.4. The van der Waals surface area contributed by atoms with E-state index in [1.54, 1.807) is 6.92 Å². The average molecular weight is 471 g/mol. The summed E-state index contributed by atoms with van der Waals surface area (Å²) in [5.74, 6) is -1.86. The fraction of sp³-hybridized carbons (Fsp3) is 0.714. The zero-order valence-electron chi connectivity index (χ0n) is 22.4. The van der Waals surface area contributed by atoms with Crippen molar-refractivity contribution in [3.63, 3.8) is 0 Å². The fourth-order valence-electron chi connectivity index (χ4n) is 3.39. The van der Waals surface area contributed by atoms with Gasteiger partial charge in [0.05, 0.1) is 32.5 Å². The second-order valence-corrected chi connectivity index (χ2v) is 8.56. The molecule has 0 amide bonds. The maximum atomic E-state index is 14.5. The average Bonchev–Trinajstić information content (AvgIpc) is 2.83. The highest BCUT2D eigenvalue weighted by Crippen LogP contribution is 2.28. The lowest BCUT2D eigenvalue weighted by atomic mass is 10.0. The van der Waals surface area contributed by atoms with E-state index in [0.717, 1.165) is 31.3 Å². The van der Waals surface area contributed by atoms with Gasteiger partial charge in [0.25, 0.3) is 0 Å². The van der Waals surface area contributed by atoms with Crippen molar-refractivity contribution in [2.45, 2.75) is 112 Å². The molecule has 0 spiro atoms. The Hall–Kier alpha value is -1.46. The largest absolute Gasteiger partial charge is 0.498 e. The normalized spacial score (nSPS) is 21.0. The molecular weight excluding hydrogens is 422 g/mol. The third-order valence-electron chi connectivity index (χ3n) is 5.64. The van der Waals surface area contributed by atoms with E-state index in [2.05, 4.69) is 27.7 Å². The van der Waals surface area contributed by atoms with Gasteiger partial charge in [-0.05, 0) is 62.7 Å². The SMILES string of the molecule is CCC.CCCCC1CCC(OC/C(=C/C=C(C)/C(CC)=C(F)/C(F)=C(\C)OC)CC)CO1. The summed E-state index contributed by atoms with van der Waals surface area (Å²) in [6, 6.07) is 0.